The Morgan fingerprint density at radius 3 is 2.13 bits per heavy atom. The highest BCUT2D eigenvalue weighted by Crippen LogP contribution is 2.39. The predicted octanol–water partition coefficient (Wildman–Crippen LogP) is 1.94. The molecule has 1 aliphatic heterocycles. The molecular formula is C11H9N3O. The van der Waals surface area contributed by atoms with Crippen molar-refractivity contribution < 1.29 is 4.74 Å². The predicted molar refractivity (Wildman–Crippen MR) is 51.7 cm³/mol. The van der Waals surface area contributed by atoms with E-state index in [2.05, 4.69) is 0 Å². The third kappa shape index (κ3) is 1.56. The minimum atomic E-state index is -0.782. The summed E-state index contributed by atoms with van der Waals surface area (Å²) in [5, 5.41) is 26.5. The zero-order chi connectivity index (χ0) is 11.6. The number of hydrogen-bond donors (Lipinski definition) is 0. The van der Waals surface area contributed by atoms with Gasteiger partial charge in [-0.25, -0.2) is 0 Å². The summed E-state index contributed by atoms with van der Waals surface area (Å²) in [5.74, 6) is 0.459. The summed E-state index contributed by atoms with van der Waals surface area (Å²) < 4.78 is 5.45. The lowest BCUT2D eigenvalue weighted by Gasteiger charge is -2.20. The summed E-state index contributed by atoms with van der Waals surface area (Å²) in [6, 6.07) is 5.54. The second-order valence-electron chi connectivity index (χ2n) is 3.63. The second kappa shape index (κ2) is 3.48. The van der Waals surface area contributed by atoms with Crippen LogP contribution in [0.5, 0.6) is 0 Å². The first-order valence-corrected chi connectivity index (χ1v) is 4.33. The quantitative estimate of drug-likeness (QED) is 0.558. The number of allylic oxidation sites excluding steroid dienone is 2. The average Bonchev–Trinajstić information content (AvgIpc) is 2.39. The van der Waals surface area contributed by atoms with Crippen molar-refractivity contribution in [2.24, 2.45) is 0 Å². The van der Waals surface area contributed by atoms with Crippen molar-refractivity contribution in [2.45, 2.75) is 26.4 Å². The van der Waals surface area contributed by atoms with E-state index in [0.717, 1.165) is 0 Å². The molecule has 0 N–H and O–H groups in total. The molecule has 0 radical (unpaired) electrons. The summed E-state index contributed by atoms with van der Waals surface area (Å²) in [6.45, 7) is 5.11. The van der Waals surface area contributed by atoms with E-state index in [9.17, 15) is 0 Å². The summed E-state index contributed by atoms with van der Waals surface area (Å²) >= 11 is 0. The van der Waals surface area contributed by atoms with E-state index in [1.807, 2.05) is 6.07 Å². The molecule has 74 valence electrons. The Morgan fingerprint density at radius 1 is 1.20 bits per heavy atom. The van der Waals surface area contributed by atoms with Crippen molar-refractivity contribution >= 4 is 0 Å². The summed E-state index contributed by atoms with van der Waals surface area (Å²) in [5.41, 5.74) is -0.172. The maximum Gasteiger partial charge on any atom is 0.138 e. The molecule has 0 spiro atoms. The summed E-state index contributed by atoms with van der Waals surface area (Å²) in [7, 11) is 0. The van der Waals surface area contributed by atoms with Crippen LogP contribution in [0.15, 0.2) is 22.5 Å². The molecule has 4 nitrogen and oxygen atoms in total. The molecule has 1 heterocycles. The average molecular weight is 199 g/mol. The van der Waals surface area contributed by atoms with Crippen LogP contribution in [0, 0.1) is 34.0 Å². The van der Waals surface area contributed by atoms with E-state index in [4.69, 9.17) is 20.5 Å². The molecule has 0 atom stereocenters. The van der Waals surface area contributed by atoms with E-state index in [1.165, 1.54) is 0 Å². The Labute approximate surface area is 88.3 Å². The van der Waals surface area contributed by atoms with Gasteiger partial charge in [0.15, 0.2) is 0 Å². The van der Waals surface area contributed by atoms with Gasteiger partial charge in [-0.1, -0.05) is 0 Å². The van der Waals surface area contributed by atoms with Crippen LogP contribution >= 0.6 is 0 Å². The van der Waals surface area contributed by atoms with Gasteiger partial charge in [0.05, 0.1) is 5.57 Å². The molecule has 0 saturated carbocycles. The fourth-order valence-electron chi connectivity index (χ4n) is 1.66. The number of nitrogens with zero attached hydrogens (tertiary/aromatic N) is 3. The summed E-state index contributed by atoms with van der Waals surface area (Å²) in [4.78, 5) is 0. The van der Waals surface area contributed by atoms with E-state index in [1.54, 1.807) is 32.9 Å². The third-order valence-electron chi connectivity index (χ3n) is 2.20. The number of rotatable bonds is 0. The molecule has 0 aromatic rings. The molecule has 4 heteroatoms. The fraction of sp³-hybridized carbons (Fsp3) is 0.364. The molecule has 15 heavy (non-hydrogen) atoms. The molecule has 0 aromatic heterocycles. The number of nitriles is 3. The molecule has 0 unspecified atom stereocenters. The molecule has 0 bridgehead atoms. The highest BCUT2D eigenvalue weighted by atomic mass is 16.5. The van der Waals surface area contributed by atoms with E-state index >= 15 is 0 Å². The van der Waals surface area contributed by atoms with Gasteiger partial charge in [0.1, 0.15) is 35.1 Å². The van der Waals surface area contributed by atoms with Crippen LogP contribution in [0.3, 0.4) is 0 Å². The number of ether oxygens (including phenoxy) is 1. The summed E-state index contributed by atoms with van der Waals surface area (Å²) in [6.07, 6.45) is 0. The maximum absolute atomic E-state index is 8.94. The minimum Gasteiger partial charge on any atom is -0.486 e. The monoisotopic (exact) mass is 199 g/mol. The van der Waals surface area contributed by atoms with E-state index in [-0.39, 0.29) is 11.1 Å². The topological polar surface area (TPSA) is 80.6 Å². The lowest BCUT2D eigenvalue weighted by atomic mass is 9.90. The first-order valence-electron chi connectivity index (χ1n) is 4.33. The van der Waals surface area contributed by atoms with Crippen LogP contribution in [-0.2, 0) is 4.74 Å². The Kier molecular flexibility index (Phi) is 2.51. The third-order valence-corrected chi connectivity index (χ3v) is 2.20. The van der Waals surface area contributed by atoms with Crippen molar-refractivity contribution in [2.75, 3.05) is 0 Å². The van der Waals surface area contributed by atoms with Gasteiger partial charge in [-0.05, 0) is 20.8 Å². The van der Waals surface area contributed by atoms with Crippen molar-refractivity contribution in [1.29, 1.82) is 15.8 Å². The smallest absolute Gasteiger partial charge is 0.138 e. The van der Waals surface area contributed by atoms with Crippen LogP contribution in [-0.4, -0.2) is 5.60 Å². The molecule has 1 aliphatic rings. The van der Waals surface area contributed by atoms with E-state index < -0.39 is 5.60 Å². The zero-order valence-corrected chi connectivity index (χ0v) is 8.75. The SMILES string of the molecule is CC1=C(C#N)C(=C(C#N)C#N)C(C)(C)O1. The zero-order valence-electron chi connectivity index (χ0n) is 8.75. The van der Waals surface area contributed by atoms with Crippen molar-refractivity contribution in [3.05, 3.63) is 22.5 Å². The van der Waals surface area contributed by atoms with Crippen molar-refractivity contribution in [1.82, 2.24) is 0 Å². The number of hydrogen-bond acceptors (Lipinski definition) is 4. The van der Waals surface area contributed by atoms with Crippen molar-refractivity contribution in [3.8, 4) is 18.2 Å². The maximum atomic E-state index is 8.94. The largest absolute Gasteiger partial charge is 0.486 e. The van der Waals surface area contributed by atoms with Crippen LogP contribution in [0.2, 0.25) is 0 Å². The molecule has 1 rings (SSSR count). The molecule has 0 saturated heterocycles. The van der Waals surface area contributed by atoms with Gasteiger partial charge < -0.3 is 4.74 Å². The van der Waals surface area contributed by atoms with Crippen LogP contribution in [0.1, 0.15) is 20.8 Å². The fourth-order valence-corrected chi connectivity index (χ4v) is 1.66. The first-order chi connectivity index (χ1) is 6.97. The lowest BCUT2D eigenvalue weighted by molar-refractivity contribution is 0.0898. The lowest BCUT2D eigenvalue weighted by Crippen LogP contribution is -2.22. The van der Waals surface area contributed by atoms with Crippen molar-refractivity contribution in [3.63, 3.8) is 0 Å². The second-order valence-corrected chi connectivity index (χ2v) is 3.63. The highest BCUT2D eigenvalue weighted by Gasteiger charge is 2.39. The molecule has 0 amide bonds. The van der Waals surface area contributed by atoms with Gasteiger partial charge in [0, 0.05) is 5.57 Å². The van der Waals surface area contributed by atoms with Gasteiger partial charge in [-0.2, -0.15) is 15.8 Å². The van der Waals surface area contributed by atoms with Crippen LogP contribution in [0.4, 0.5) is 0 Å². The van der Waals surface area contributed by atoms with Gasteiger partial charge in [-0.3, -0.25) is 0 Å². The molecular weight excluding hydrogens is 190 g/mol. The van der Waals surface area contributed by atoms with Crippen LogP contribution in [0.25, 0.3) is 0 Å². The van der Waals surface area contributed by atoms with Gasteiger partial charge in [0.2, 0.25) is 0 Å². The Balaban J connectivity index is 3.54. The highest BCUT2D eigenvalue weighted by molar-refractivity contribution is 5.60. The normalized spacial score (nSPS) is 17.5. The standard InChI is InChI=1S/C11H9N3O/c1-7-9(6-14)10(8(4-12)5-13)11(2,3)15-7/h1-3H3. The Bertz CT molecular complexity index is 473. The van der Waals surface area contributed by atoms with E-state index in [0.29, 0.717) is 11.3 Å². The van der Waals surface area contributed by atoms with Crippen LogP contribution < -0.4 is 0 Å². The first kappa shape index (κ1) is 10.8. The van der Waals surface area contributed by atoms with Gasteiger partial charge >= 0.3 is 0 Å². The van der Waals surface area contributed by atoms with Gasteiger partial charge in [-0.15, -0.1) is 0 Å². The molecule has 0 aliphatic carbocycles. The van der Waals surface area contributed by atoms with Gasteiger partial charge in [0.25, 0.3) is 0 Å². The molecule has 0 fully saturated rings. The minimum absolute atomic E-state index is 0.0617. The Morgan fingerprint density at radius 2 is 1.73 bits per heavy atom. The molecule has 0 aromatic carbocycles. The Hall–Kier alpha value is -2.25.